The number of aromatic nitrogens is 2. The summed E-state index contributed by atoms with van der Waals surface area (Å²) in [6.07, 6.45) is -3.69. The summed E-state index contributed by atoms with van der Waals surface area (Å²) in [5, 5.41) is 16.7. The lowest BCUT2D eigenvalue weighted by Gasteiger charge is -2.25. The van der Waals surface area contributed by atoms with E-state index in [1.54, 1.807) is 29.2 Å². The highest BCUT2D eigenvalue weighted by Gasteiger charge is 2.42. The number of para-hydroxylation sites is 2. The molecule has 1 aliphatic rings. The minimum absolute atomic E-state index is 0.0250. The highest BCUT2D eigenvalue weighted by atomic mass is 32.1. The Labute approximate surface area is 245 Å². The van der Waals surface area contributed by atoms with Crippen molar-refractivity contribution in [1.82, 2.24) is 9.97 Å². The summed E-state index contributed by atoms with van der Waals surface area (Å²) >= 11 is 1.11. The van der Waals surface area contributed by atoms with E-state index < -0.39 is 35.0 Å². The summed E-state index contributed by atoms with van der Waals surface area (Å²) in [4.78, 5) is 22.5. The molecule has 3 heterocycles. The Balaban J connectivity index is 1.36. The van der Waals surface area contributed by atoms with E-state index in [0.29, 0.717) is 27.2 Å². The molecule has 1 aliphatic heterocycles. The van der Waals surface area contributed by atoms with Crippen LogP contribution in [-0.2, 0) is 11.6 Å². The number of thiazole rings is 1. The van der Waals surface area contributed by atoms with E-state index in [9.17, 15) is 27.5 Å². The van der Waals surface area contributed by atoms with Gasteiger partial charge in [0.2, 0.25) is 0 Å². The molecule has 0 aliphatic carbocycles. The maximum Gasteiger partial charge on any atom is 0.433 e. The molecule has 0 atom stereocenters. The van der Waals surface area contributed by atoms with Gasteiger partial charge in [0.1, 0.15) is 23.1 Å². The number of halogens is 5. The van der Waals surface area contributed by atoms with Crippen molar-refractivity contribution in [2.45, 2.75) is 25.4 Å². The van der Waals surface area contributed by atoms with Gasteiger partial charge in [-0.3, -0.25) is 10.3 Å². The number of urea groups is 1. The van der Waals surface area contributed by atoms with E-state index in [1.807, 2.05) is 13.8 Å². The van der Waals surface area contributed by atoms with E-state index in [4.69, 9.17) is 0 Å². The van der Waals surface area contributed by atoms with Gasteiger partial charge in [0.25, 0.3) is 0 Å². The molecule has 220 valence electrons. The lowest BCUT2D eigenvalue weighted by atomic mass is 9.81. The zero-order valence-corrected chi connectivity index (χ0v) is 23.4. The molecule has 0 spiro atoms. The lowest BCUT2D eigenvalue weighted by Crippen LogP contribution is -2.27. The number of nitrogens with one attached hydrogen (secondary N) is 2. The van der Waals surface area contributed by atoms with Crippen LogP contribution in [0.25, 0.3) is 21.3 Å². The van der Waals surface area contributed by atoms with Gasteiger partial charge in [0.05, 0.1) is 27.3 Å². The maximum absolute atomic E-state index is 15.4. The Morgan fingerprint density at radius 2 is 1.81 bits per heavy atom. The van der Waals surface area contributed by atoms with Gasteiger partial charge in [-0.15, -0.1) is 0 Å². The average molecular weight is 612 g/mol. The van der Waals surface area contributed by atoms with Crippen LogP contribution in [0, 0.1) is 11.6 Å². The van der Waals surface area contributed by atoms with Gasteiger partial charge in [-0.1, -0.05) is 43.4 Å². The molecule has 43 heavy (non-hydrogen) atoms. The van der Waals surface area contributed by atoms with E-state index in [-0.39, 0.29) is 34.2 Å². The molecule has 3 N–H and O–H groups in total. The number of alkyl halides is 3. The van der Waals surface area contributed by atoms with Crippen LogP contribution in [0.1, 0.15) is 25.1 Å². The fraction of sp³-hybridized carbons (Fsp3) is 0.167. The minimum atomic E-state index is -4.65. The number of nitrogens with zero attached hydrogens (tertiary/aromatic N) is 3. The van der Waals surface area contributed by atoms with E-state index in [2.05, 4.69) is 20.6 Å². The molecule has 5 aromatic rings. The van der Waals surface area contributed by atoms with Crippen LogP contribution in [0.3, 0.4) is 0 Å². The molecule has 0 unspecified atom stereocenters. The summed E-state index contributed by atoms with van der Waals surface area (Å²) in [6, 6.07) is 13.1. The SMILES string of the molecule is CC1(C)CN(c2ccccc2NC(=O)Nc2nc3ccc(F)cc3s2)c2c(O)cc(F)c(-c3ccc(C(F)(F)F)nc3)c21. The largest absolute Gasteiger partial charge is 0.506 e. The summed E-state index contributed by atoms with van der Waals surface area (Å²) < 4.78 is 68.9. The van der Waals surface area contributed by atoms with Gasteiger partial charge in [-0.2, -0.15) is 13.2 Å². The van der Waals surface area contributed by atoms with Crippen LogP contribution in [-0.4, -0.2) is 27.7 Å². The topological polar surface area (TPSA) is 90.4 Å². The summed E-state index contributed by atoms with van der Waals surface area (Å²) in [5.41, 5.74) is 0.251. The Morgan fingerprint density at radius 1 is 1.05 bits per heavy atom. The Hall–Kier alpha value is -4.78. The van der Waals surface area contributed by atoms with Crippen LogP contribution >= 0.6 is 11.3 Å². The van der Waals surface area contributed by atoms with Gasteiger partial charge in [-0.25, -0.2) is 18.6 Å². The Morgan fingerprint density at radius 3 is 2.53 bits per heavy atom. The number of pyridine rings is 1. The van der Waals surface area contributed by atoms with Crippen molar-refractivity contribution in [1.29, 1.82) is 0 Å². The first-order chi connectivity index (χ1) is 20.3. The molecule has 2 aromatic heterocycles. The molecule has 0 bridgehead atoms. The van der Waals surface area contributed by atoms with Crippen molar-refractivity contribution in [2.75, 3.05) is 22.1 Å². The number of benzene rings is 3. The zero-order chi connectivity index (χ0) is 30.7. The highest BCUT2D eigenvalue weighted by Crippen LogP contribution is 2.54. The second-order valence-corrected chi connectivity index (χ2v) is 11.6. The maximum atomic E-state index is 15.4. The fourth-order valence-corrected chi connectivity index (χ4v) is 6.21. The zero-order valence-electron chi connectivity index (χ0n) is 22.6. The molecular formula is C30H22F5N5O2S. The first kappa shape index (κ1) is 28.3. The number of rotatable bonds is 4. The first-order valence-corrected chi connectivity index (χ1v) is 13.7. The number of hydrogen-bond acceptors (Lipinski definition) is 6. The van der Waals surface area contributed by atoms with Crippen LogP contribution < -0.4 is 15.5 Å². The van der Waals surface area contributed by atoms with Crippen molar-refractivity contribution >= 4 is 49.8 Å². The van der Waals surface area contributed by atoms with Crippen LogP contribution in [0.4, 0.5) is 48.9 Å². The Kier molecular flexibility index (Phi) is 6.72. The lowest BCUT2D eigenvalue weighted by molar-refractivity contribution is -0.141. The molecule has 13 heteroatoms. The number of fused-ring (bicyclic) bond motifs is 2. The third kappa shape index (κ3) is 5.20. The van der Waals surface area contributed by atoms with Crippen molar-refractivity contribution in [3.63, 3.8) is 0 Å². The van der Waals surface area contributed by atoms with Crippen LogP contribution in [0.15, 0.2) is 66.9 Å². The minimum Gasteiger partial charge on any atom is -0.506 e. The van der Waals surface area contributed by atoms with E-state index >= 15 is 4.39 Å². The third-order valence-electron chi connectivity index (χ3n) is 7.09. The number of aromatic hydroxyl groups is 1. The second kappa shape index (κ2) is 10.2. The van der Waals surface area contributed by atoms with Gasteiger partial charge < -0.3 is 15.3 Å². The quantitative estimate of drug-likeness (QED) is 0.178. The number of amides is 2. The fourth-order valence-electron chi connectivity index (χ4n) is 5.33. The van der Waals surface area contributed by atoms with Crippen molar-refractivity contribution < 1.29 is 31.9 Å². The molecular weight excluding hydrogens is 589 g/mol. The molecule has 0 saturated heterocycles. The molecule has 2 amide bonds. The number of hydrogen-bond donors (Lipinski definition) is 3. The van der Waals surface area contributed by atoms with Gasteiger partial charge >= 0.3 is 12.2 Å². The van der Waals surface area contributed by atoms with Gasteiger partial charge in [0, 0.05) is 35.3 Å². The van der Waals surface area contributed by atoms with Crippen LogP contribution in [0.5, 0.6) is 5.75 Å². The standard InChI is InChI=1S/C30H22F5N5O2S/c1-29(2)14-40(26-21(41)12-17(32)24(25(26)29)15-7-10-23(36-13-15)30(33,34)35)20-6-4-3-5-18(20)37-27(42)39-28-38-19-9-8-16(31)11-22(19)43-28/h3-13,41H,14H2,1-2H3,(H2,37,38,39,42). The smallest absolute Gasteiger partial charge is 0.433 e. The summed E-state index contributed by atoms with van der Waals surface area (Å²) in [7, 11) is 0. The predicted octanol–water partition coefficient (Wildman–Crippen LogP) is 8.43. The summed E-state index contributed by atoms with van der Waals surface area (Å²) in [5.74, 6) is -1.60. The summed E-state index contributed by atoms with van der Waals surface area (Å²) in [6.45, 7) is 3.89. The Bertz CT molecular complexity index is 1890. The van der Waals surface area contributed by atoms with Crippen molar-refractivity contribution in [3.8, 4) is 16.9 Å². The molecule has 0 fully saturated rings. The normalized spacial score (nSPS) is 14.2. The first-order valence-electron chi connectivity index (χ1n) is 12.9. The molecule has 3 aromatic carbocycles. The van der Waals surface area contributed by atoms with E-state index in [1.165, 1.54) is 18.2 Å². The molecule has 0 saturated carbocycles. The van der Waals surface area contributed by atoms with E-state index in [0.717, 1.165) is 35.7 Å². The number of carbonyl (C=O) groups is 1. The van der Waals surface area contributed by atoms with Crippen molar-refractivity contribution in [3.05, 3.63) is 89.8 Å². The van der Waals surface area contributed by atoms with Gasteiger partial charge in [-0.05, 0) is 42.0 Å². The molecule has 6 rings (SSSR count). The highest BCUT2D eigenvalue weighted by molar-refractivity contribution is 7.22. The van der Waals surface area contributed by atoms with Crippen LogP contribution in [0.2, 0.25) is 0 Å². The average Bonchev–Trinajstić information content (AvgIpc) is 3.45. The monoisotopic (exact) mass is 611 g/mol. The molecule has 0 radical (unpaired) electrons. The van der Waals surface area contributed by atoms with Gasteiger partial charge in [0.15, 0.2) is 5.13 Å². The van der Waals surface area contributed by atoms with Crippen molar-refractivity contribution in [2.24, 2.45) is 0 Å². The number of carbonyl (C=O) groups excluding carboxylic acids is 1. The number of anilines is 4. The molecule has 7 nitrogen and oxygen atoms in total. The number of phenols is 1. The second-order valence-electron chi connectivity index (χ2n) is 10.6. The predicted molar refractivity (Wildman–Crippen MR) is 155 cm³/mol. The number of phenolic OH excluding ortho intramolecular Hbond substituents is 1. The third-order valence-corrected chi connectivity index (χ3v) is 8.02.